The molecule has 2 aromatic carbocycles. The van der Waals surface area contributed by atoms with Gasteiger partial charge in [-0.25, -0.2) is 0 Å². The third kappa shape index (κ3) is 3.99. The summed E-state index contributed by atoms with van der Waals surface area (Å²) >= 11 is 3.54. The van der Waals surface area contributed by atoms with Crippen LogP contribution in [0.3, 0.4) is 0 Å². The third-order valence-corrected chi connectivity index (χ3v) is 3.95. The van der Waals surface area contributed by atoms with Crippen molar-refractivity contribution < 1.29 is 4.74 Å². The first-order valence-electron chi connectivity index (χ1n) is 7.28. The first-order chi connectivity index (χ1) is 11.6. The molecule has 0 fully saturated rings. The lowest BCUT2D eigenvalue weighted by atomic mass is 10.2. The second-order valence-corrected chi connectivity index (χ2v) is 5.98. The van der Waals surface area contributed by atoms with Crippen molar-refractivity contribution in [2.75, 3.05) is 17.7 Å². The van der Waals surface area contributed by atoms with Crippen LogP contribution in [0.15, 0.2) is 53.1 Å². The monoisotopic (exact) mass is 385 g/mol. The molecular formula is C17H16BrN5O. The first kappa shape index (κ1) is 16.2. The minimum absolute atomic E-state index is 0.411. The predicted octanol–water partition coefficient (Wildman–Crippen LogP) is 4.44. The maximum atomic E-state index is 5.14. The smallest absolute Gasteiger partial charge is 0.249 e. The van der Waals surface area contributed by atoms with Crippen LogP contribution in [0, 0.1) is 6.92 Å². The summed E-state index contributed by atoms with van der Waals surface area (Å²) in [5, 5.41) is 14.3. The molecule has 0 saturated carbocycles. The molecule has 0 aliphatic carbocycles. The summed E-state index contributed by atoms with van der Waals surface area (Å²) in [5.74, 6) is 1.80. The second kappa shape index (κ2) is 7.27. The number of methoxy groups -OCH3 is 1. The van der Waals surface area contributed by atoms with E-state index in [0.29, 0.717) is 11.8 Å². The highest BCUT2D eigenvalue weighted by Gasteiger charge is 2.05. The van der Waals surface area contributed by atoms with E-state index in [9.17, 15) is 0 Å². The van der Waals surface area contributed by atoms with Crippen molar-refractivity contribution in [1.82, 2.24) is 15.2 Å². The summed E-state index contributed by atoms with van der Waals surface area (Å²) in [6, 6.07) is 13.5. The van der Waals surface area contributed by atoms with Crippen LogP contribution in [-0.2, 0) is 0 Å². The zero-order chi connectivity index (χ0) is 16.9. The first-order valence-corrected chi connectivity index (χ1v) is 8.07. The van der Waals surface area contributed by atoms with E-state index in [4.69, 9.17) is 4.74 Å². The molecule has 2 N–H and O–H groups in total. The standard InChI is InChI=1S/C17H16BrN5O/c1-11-3-8-15(14(18)9-11)21-16-10-19-23-17(22-16)20-12-4-6-13(24-2)7-5-12/h3-10H,1-2H3,(H2,20,21,22,23). The summed E-state index contributed by atoms with van der Waals surface area (Å²) in [4.78, 5) is 4.42. The number of rotatable bonds is 5. The zero-order valence-corrected chi connectivity index (χ0v) is 14.8. The van der Waals surface area contributed by atoms with E-state index in [1.165, 1.54) is 5.56 Å². The SMILES string of the molecule is COc1ccc(Nc2nncc(Nc3ccc(C)cc3Br)n2)cc1. The van der Waals surface area contributed by atoms with Crippen LogP contribution in [-0.4, -0.2) is 22.3 Å². The highest BCUT2D eigenvalue weighted by molar-refractivity contribution is 9.10. The number of hydrogen-bond donors (Lipinski definition) is 2. The third-order valence-electron chi connectivity index (χ3n) is 3.29. The van der Waals surface area contributed by atoms with E-state index >= 15 is 0 Å². The summed E-state index contributed by atoms with van der Waals surface area (Å²) < 4.78 is 6.10. The van der Waals surface area contributed by atoms with E-state index in [2.05, 4.69) is 41.7 Å². The van der Waals surface area contributed by atoms with E-state index in [1.54, 1.807) is 13.3 Å². The van der Waals surface area contributed by atoms with Crippen LogP contribution in [0.2, 0.25) is 0 Å². The largest absolute Gasteiger partial charge is 0.497 e. The molecule has 0 aliphatic heterocycles. The molecule has 0 aliphatic rings. The van der Waals surface area contributed by atoms with Gasteiger partial charge in [0.2, 0.25) is 5.95 Å². The molecule has 3 rings (SSSR count). The molecule has 0 spiro atoms. The van der Waals surface area contributed by atoms with Gasteiger partial charge in [-0.2, -0.15) is 10.1 Å². The minimum Gasteiger partial charge on any atom is -0.497 e. The van der Waals surface area contributed by atoms with Gasteiger partial charge in [-0.05, 0) is 64.8 Å². The number of benzene rings is 2. The Morgan fingerprint density at radius 1 is 1.04 bits per heavy atom. The molecule has 0 radical (unpaired) electrons. The van der Waals surface area contributed by atoms with Gasteiger partial charge in [0.1, 0.15) is 5.75 Å². The van der Waals surface area contributed by atoms with Crippen LogP contribution in [0.5, 0.6) is 5.75 Å². The van der Waals surface area contributed by atoms with Crippen molar-refractivity contribution in [2.45, 2.75) is 6.92 Å². The number of nitrogens with one attached hydrogen (secondary N) is 2. The Labute approximate surface area is 148 Å². The zero-order valence-electron chi connectivity index (χ0n) is 13.2. The Morgan fingerprint density at radius 2 is 1.83 bits per heavy atom. The number of halogens is 1. The van der Waals surface area contributed by atoms with Gasteiger partial charge in [-0.1, -0.05) is 6.07 Å². The quantitative estimate of drug-likeness (QED) is 0.676. The Kier molecular flexibility index (Phi) is 4.90. The Morgan fingerprint density at radius 3 is 2.54 bits per heavy atom. The Balaban J connectivity index is 1.75. The van der Waals surface area contributed by atoms with Crippen molar-refractivity contribution in [3.8, 4) is 5.75 Å². The van der Waals surface area contributed by atoms with Gasteiger partial charge in [0, 0.05) is 10.2 Å². The molecule has 0 amide bonds. The molecule has 1 heterocycles. The molecule has 122 valence electrons. The van der Waals surface area contributed by atoms with Gasteiger partial charge in [0.25, 0.3) is 0 Å². The molecule has 1 aromatic heterocycles. The van der Waals surface area contributed by atoms with Gasteiger partial charge in [0.05, 0.1) is 19.0 Å². The van der Waals surface area contributed by atoms with Crippen molar-refractivity contribution in [3.63, 3.8) is 0 Å². The maximum absolute atomic E-state index is 5.14. The van der Waals surface area contributed by atoms with Crippen molar-refractivity contribution in [2.24, 2.45) is 0 Å². The molecule has 3 aromatic rings. The molecule has 0 saturated heterocycles. The molecule has 0 atom stereocenters. The molecule has 0 unspecified atom stereocenters. The highest BCUT2D eigenvalue weighted by Crippen LogP contribution is 2.26. The fraction of sp³-hybridized carbons (Fsp3) is 0.118. The average Bonchev–Trinajstić information content (AvgIpc) is 2.58. The van der Waals surface area contributed by atoms with Crippen LogP contribution in [0.1, 0.15) is 5.56 Å². The van der Waals surface area contributed by atoms with E-state index in [-0.39, 0.29) is 0 Å². The van der Waals surface area contributed by atoms with Crippen LogP contribution in [0.4, 0.5) is 23.1 Å². The summed E-state index contributed by atoms with van der Waals surface area (Å²) in [6.45, 7) is 2.04. The lowest BCUT2D eigenvalue weighted by Gasteiger charge is -2.10. The van der Waals surface area contributed by atoms with Gasteiger partial charge < -0.3 is 15.4 Å². The lowest BCUT2D eigenvalue weighted by molar-refractivity contribution is 0.415. The number of aromatic nitrogens is 3. The highest BCUT2D eigenvalue weighted by atomic mass is 79.9. The molecule has 7 heteroatoms. The Hall–Kier alpha value is -2.67. The van der Waals surface area contributed by atoms with E-state index in [0.717, 1.165) is 21.6 Å². The normalized spacial score (nSPS) is 10.3. The van der Waals surface area contributed by atoms with Gasteiger partial charge in [-0.15, -0.1) is 5.10 Å². The molecule has 0 bridgehead atoms. The number of ether oxygens (including phenoxy) is 1. The van der Waals surface area contributed by atoms with Crippen molar-refractivity contribution in [1.29, 1.82) is 0 Å². The number of aryl methyl sites for hydroxylation is 1. The summed E-state index contributed by atoms with van der Waals surface area (Å²) in [7, 11) is 1.63. The van der Waals surface area contributed by atoms with Crippen molar-refractivity contribution in [3.05, 3.63) is 58.7 Å². The molecule has 24 heavy (non-hydrogen) atoms. The van der Waals surface area contributed by atoms with E-state index < -0.39 is 0 Å². The fourth-order valence-electron chi connectivity index (χ4n) is 2.08. The molecular weight excluding hydrogens is 370 g/mol. The van der Waals surface area contributed by atoms with Crippen LogP contribution in [0.25, 0.3) is 0 Å². The van der Waals surface area contributed by atoms with Crippen LogP contribution >= 0.6 is 15.9 Å². The van der Waals surface area contributed by atoms with Crippen LogP contribution < -0.4 is 15.4 Å². The number of anilines is 4. The minimum atomic E-state index is 0.411. The predicted molar refractivity (Wildman–Crippen MR) is 98.3 cm³/mol. The average molecular weight is 386 g/mol. The van der Waals surface area contributed by atoms with E-state index in [1.807, 2.05) is 49.4 Å². The summed E-state index contributed by atoms with van der Waals surface area (Å²) in [5.41, 5.74) is 2.94. The number of hydrogen-bond acceptors (Lipinski definition) is 6. The van der Waals surface area contributed by atoms with Gasteiger partial charge in [0.15, 0.2) is 5.82 Å². The summed E-state index contributed by atoms with van der Waals surface area (Å²) in [6.07, 6.45) is 1.57. The fourth-order valence-corrected chi connectivity index (χ4v) is 2.67. The Bertz CT molecular complexity index is 839. The van der Waals surface area contributed by atoms with Gasteiger partial charge in [-0.3, -0.25) is 0 Å². The number of nitrogens with zero attached hydrogens (tertiary/aromatic N) is 3. The molecule has 6 nitrogen and oxygen atoms in total. The topological polar surface area (TPSA) is 72.0 Å². The second-order valence-electron chi connectivity index (χ2n) is 5.13. The maximum Gasteiger partial charge on any atom is 0.249 e. The van der Waals surface area contributed by atoms with Crippen molar-refractivity contribution >= 4 is 39.1 Å². The lowest BCUT2D eigenvalue weighted by Crippen LogP contribution is -2.02. The van der Waals surface area contributed by atoms with Gasteiger partial charge >= 0.3 is 0 Å².